The Morgan fingerprint density at radius 2 is 1.69 bits per heavy atom. The molecule has 0 aromatic heterocycles. The number of urea groups is 1. The summed E-state index contributed by atoms with van der Waals surface area (Å²) in [6.45, 7) is 2.36. The number of hydrogen-bond acceptors (Lipinski definition) is 5. The quantitative estimate of drug-likeness (QED) is 0.403. The van der Waals surface area contributed by atoms with Crippen LogP contribution in [0.1, 0.15) is 11.1 Å². The minimum absolute atomic E-state index is 0.158. The van der Waals surface area contributed by atoms with Gasteiger partial charge in [0.1, 0.15) is 18.1 Å². The van der Waals surface area contributed by atoms with Crippen LogP contribution in [0.15, 0.2) is 78.9 Å². The Balaban J connectivity index is 1.43. The molecule has 4 aromatic carbocycles. The van der Waals surface area contributed by atoms with Crippen molar-refractivity contribution in [1.29, 1.82) is 0 Å². The van der Waals surface area contributed by atoms with Crippen LogP contribution in [-0.2, 0) is 6.61 Å². The summed E-state index contributed by atoms with van der Waals surface area (Å²) in [7, 11) is 5.20. The fraction of sp³-hybridized carbons (Fsp3) is 0.179. The third-order valence-corrected chi connectivity index (χ3v) is 6.40. The van der Waals surface area contributed by atoms with Crippen molar-refractivity contribution in [2.45, 2.75) is 13.5 Å². The Kier molecular flexibility index (Phi) is 6.03. The fourth-order valence-electron chi connectivity index (χ4n) is 4.29. The first kappa shape index (κ1) is 22.7. The number of amides is 2. The van der Waals surface area contributed by atoms with Gasteiger partial charge in [-0.25, -0.2) is 14.8 Å². The third-order valence-electron chi connectivity index (χ3n) is 6.40. The van der Waals surface area contributed by atoms with Crippen molar-refractivity contribution in [2.24, 2.45) is 0 Å². The zero-order valence-electron chi connectivity index (χ0n) is 20.3. The first-order valence-corrected chi connectivity index (χ1v) is 11.4. The molecule has 0 aliphatic carbocycles. The normalized spacial score (nSPS) is 14.1. The standard InChI is InChI=1S/C28H28N4O3/c1-19-8-7-10-26(32-28(33)30(2)31(3)29-32)25(19)18-35-23-15-14-20-12-13-21(16-22(20)17-23)24-9-5-6-11-27(24)34-4/h5-17,29H,18H2,1-4H3. The molecule has 1 saturated heterocycles. The smallest absolute Gasteiger partial charge is 0.355 e. The summed E-state index contributed by atoms with van der Waals surface area (Å²) in [5, 5.41) is 6.89. The van der Waals surface area contributed by atoms with Crippen molar-refractivity contribution in [1.82, 2.24) is 15.7 Å². The van der Waals surface area contributed by atoms with Gasteiger partial charge < -0.3 is 9.47 Å². The molecule has 7 nitrogen and oxygen atoms in total. The van der Waals surface area contributed by atoms with Gasteiger partial charge in [-0.15, -0.1) is 10.7 Å². The number of hydrogen-bond donors (Lipinski definition) is 1. The molecule has 1 aliphatic rings. The first-order valence-electron chi connectivity index (χ1n) is 11.4. The Morgan fingerprint density at radius 1 is 0.886 bits per heavy atom. The average Bonchev–Trinajstić information content (AvgIpc) is 3.14. The number of carbonyl (C=O) groups excluding carboxylic acids is 1. The van der Waals surface area contributed by atoms with Crippen LogP contribution < -0.4 is 20.0 Å². The number of nitrogens with zero attached hydrogens (tertiary/aromatic N) is 3. The molecule has 178 valence electrons. The Labute approximate surface area is 205 Å². The predicted molar refractivity (Wildman–Crippen MR) is 138 cm³/mol. The van der Waals surface area contributed by atoms with E-state index in [1.54, 1.807) is 26.3 Å². The van der Waals surface area contributed by atoms with Gasteiger partial charge in [0.05, 0.1) is 12.8 Å². The van der Waals surface area contributed by atoms with Gasteiger partial charge in [-0.3, -0.25) is 0 Å². The summed E-state index contributed by atoms with van der Waals surface area (Å²) in [5.74, 6) is 1.60. The molecule has 0 saturated carbocycles. The van der Waals surface area contributed by atoms with E-state index >= 15 is 0 Å². The average molecular weight is 469 g/mol. The maximum absolute atomic E-state index is 12.7. The van der Waals surface area contributed by atoms with E-state index in [1.165, 1.54) is 10.0 Å². The Morgan fingerprint density at radius 3 is 2.46 bits per heavy atom. The van der Waals surface area contributed by atoms with Crippen LogP contribution in [-0.4, -0.2) is 37.4 Å². The van der Waals surface area contributed by atoms with Crippen molar-refractivity contribution in [3.05, 3.63) is 90.0 Å². The molecule has 0 unspecified atom stereocenters. The van der Waals surface area contributed by atoms with Crippen molar-refractivity contribution in [3.8, 4) is 22.6 Å². The van der Waals surface area contributed by atoms with E-state index in [0.717, 1.165) is 50.2 Å². The number of aryl methyl sites for hydroxylation is 1. The van der Waals surface area contributed by atoms with E-state index in [2.05, 4.69) is 35.9 Å². The second-order valence-corrected chi connectivity index (χ2v) is 8.55. The van der Waals surface area contributed by atoms with E-state index in [-0.39, 0.29) is 6.03 Å². The van der Waals surface area contributed by atoms with Crippen LogP contribution in [0.25, 0.3) is 21.9 Å². The first-order chi connectivity index (χ1) is 17.0. The molecule has 0 radical (unpaired) electrons. The third kappa shape index (κ3) is 4.27. The molecule has 1 fully saturated rings. The van der Waals surface area contributed by atoms with Crippen molar-refractivity contribution >= 4 is 22.5 Å². The summed E-state index contributed by atoms with van der Waals surface area (Å²) in [6, 6.07) is 26.2. The topological polar surface area (TPSA) is 57.3 Å². The lowest BCUT2D eigenvalue weighted by molar-refractivity contribution is 0.0652. The van der Waals surface area contributed by atoms with Crippen LogP contribution >= 0.6 is 0 Å². The molecule has 1 N–H and O–H groups in total. The van der Waals surface area contributed by atoms with Crippen molar-refractivity contribution in [3.63, 3.8) is 0 Å². The number of ether oxygens (including phenoxy) is 2. The van der Waals surface area contributed by atoms with Crippen LogP contribution in [0.3, 0.4) is 0 Å². The summed E-state index contributed by atoms with van der Waals surface area (Å²) in [6.07, 6.45) is 0. The van der Waals surface area contributed by atoms with Crippen LogP contribution in [0.4, 0.5) is 10.5 Å². The molecular weight excluding hydrogens is 440 g/mol. The molecule has 7 heteroatoms. The van der Waals surface area contributed by atoms with Crippen LogP contribution in [0, 0.1) is 6.92 Å². The predicted octanol–water partition coefficient (Wildman–Crippen LogP) is 5.54. The molecule has 4 aromatic rings. The number of rotatable bonds is 6. The molecule has 2 amide bonds. The molecule has 0 spiro atoms. The Hall–Kier alpha value is -4.07. The van der Waals surface area contributed by atoms with Gasteiger partial charge in [-0.2, -0.15) is 0 Å². The van der Waals surface area contributed by atoms with Gasteiger partial charge in [0.25, 0.3) is 0 Å². The second-order valence-electron chi connectivity index (χ2n) is 8.55. The fourth-order valence-corrected chi connectivity index (χ4v) is 4.29. The minimum atomic E-state index is -0.158. The Bertz CT molecular complexity index is 1400. The number of carbonyl (C=O) groups is 1. The number of nitrogens with one attached hydrogen (secondary N) is 1. The lowest BCUT2D eigenvalue weighted by Crippen LogP contribution is -2.39. The molecule has 0 atom stereocenters. The molecule has 1 heterocycles. The van der Waals surface area contributed by atoms with Gasteiger partial charge in [-0.05, 0) is 59.2 Å². The number of benzene rings is 4. The van der Waals surface area contributed by atoms with Crippen LogP contribution in [0.2, 0.25) is 0 Å². The highest BCUT2D eigenvalue weighted by Gasteiger charge is 2.33. The molecule has 1 aliphatic heterocycles. The number of anilines is 1. The van der Waals surface area contributed by atoms with Crippen molar-refractivity contribution < 1.29 is 14.3 Å². The number of para-hydroxylation sites is 1. The monoisotopic (exact) mass is 468 g/mol. The molecular formula is C28H28N4O3. The molecule has 5 rings (SSSR count). The second kappa shape index (κ2) is 9.29. The summed E-state index contributed by atoms with van der Waals surface area (Å²) < 4.78 is 11.8. The largest absolute Gasteiger partial charge is 0.496 e. The minimum Gasteiger partial charge on any atom is -0.496 e. The van der Waals surface area contributed by atoms with E-state index < -0.39 is 0 Å². The lowest BCUT2D eigenvalue weighted by atomic mass is 10.0. The number of fused-ring (bicyclic) bond motifs is 1. The SMILES string of the molecule is COc1ccccc1-c1ccc2ccc(OCc3c(C)cccc3N3NN(C)N(C)C3=O)cc2c1. The lowest BCUT2D eigenvalue weighted by Gasteiger charge is -2.20. The van der Waals surface area contributed by atoms with E-state index in [1.807, 2.05) is 55.5 Å². The zero-order chi connectivity index (χ0) is 24.5. The highest BCUT2D eigenvalue weighted by Crippen LogP contribution is 2.33. The maximum Gasteiger partial charge on any atom is 0.355 e. The van der Waals surface area contributed by atoms with E-state index in [0.29, 0.717) is 6.61 Å². The summed E-state index contributed by atoms with van der Waals surface area (Å²) in [5.41, 5.74) is 7.96. The van der Waals surface area contributed by atoms with E-state index in [9.17, 15) is 4.79 Å². The van der Waals surface area contributed by atoms with E-state index in [4.69, 9.17) is 9.47 Å². The van der Waals surface area contributed by atoms with Gasteiger partial charge in [-0.1, -0.05) is 48.5 Å². The van der Waals surface area contributed by atoms with Gasteiger partial charge in [0.15, 0.2) is 0 Å². The number of hydrazine groups is 3. The highest BCUT2D eigenvalue weighted by molar-refractivity contribution is 5.93. The highest BCUT2D eigenvalue weighted by atomic mass is 16.5. The molecule has 0 bridgehead atoms. The van der Waals surface area contributed by atoms with Gasteiger partial charge in [0.2, 0.25) is 0 Å². The molecule has 35 heavy (non-hydrogen) atoms. The summed E-state index contributed by atoms with van der Waals surface area (Å²) >= 11 is 0. The van der Waals surface area contributed by atoms with Gasteiger partial charge in [0, 0.05) is 25.2 Å². The zero-order valence-corrected chi connectivity index (χ0v) is 20.3. The van der Waals surface area contributed by atoms with Crippen LogP contribution in [0.5, 0.6) is 11.5 Å². The maximum atomic E-state index is 12.7. The van der Waals surface area contributed by atoms with Crippen molar-refractivity contribution in [2.75, 3.05) is 26.2 Å². The van der Waals surface area contributed by atoms with Gasteiger partial charge >= 0.3 is 6.03 Å². The summed E-state index contributed by atoms with van der Waals surface area (Å²) in [4.78, 5) is 12.7. The number of methoxy groups -OCH3 is 1.